The molecule has 0 N–H and O–H groups in total. The molecule has 2 saturated heterocycles. The lowest BCUT2D eigenvalue weighted by molar-refractivity contribution is -0.130. The summed E-state index contributed by atoms with van der Waals surface area (Å²) < 4.78 is 0. The number of thiophene rings is 2. The summed E-state index contributed by atoms with van der Waals surface area (Å²) in [7, 11) is 2.01. The van der Waals surface area contributed by atoms with E-state index in [9.17, 15) is 9.59 Å². The van der Waals surface area contributed by atoms with Gasteiger partial charge in [0.2, 0.25) is 11.8 Å². The number of likely N-dealkylation sites (tertiary alicyclic amines) is 1. The summed E-state index contributed by atoms with van der Waals surface area (Å²) in [6.45, 7) is 2.52. The van der Waals surface area contributed by atoms with Crippen molar-refractivity contribution in [2.24, 2.45) is 0 Å². The maximum absolute atomic E-state index is 12.7. The highest BCUT2D eigenvalue weighted by Gasteiger charge is 2.48. The Morgan fingerprint density at radius 3 is 2.72 bits per heavy atom. The molecule has 1 unspecified atom stereocenters. The van der Waals surface area contributed by atoms with Crippen LogP contribution in [0.1, 0.15) is 12.0 Å². The van der Waals surface area contributed by atoms with Gasteiger partial charge in [-0.25, -0.2) is 0 Å². The molecule has 7 heteroatoms. The second-order valence-electron chi connectivity index (χ2n) is 6.92. The van der Waals surface area contributed by atoms with E-state index >= 15 is 0 Å². The summed E-state index contributed by atoms with van der Waals surface area (Å²) in [5.41, 5.74) is 1.92. The van der Waals surface area contributed by atoms with E-state index in [1.807, 2.05) is 50.5 Å². The van der Waals surface area contributed by atoms with Crippen LogP contribution in [0.5, 0.6) is 0 Å². The van der Waals surface area contributed by atoms with E-state index < -0.39 is 0 Å². The molecule has 4 heterocycles. The summed E-state index contributed by atoms with van der Waals surface area (Å²) in [5, 5.41) is 8.06. The van der Waals surface area contributed by atoms with Crippen molar-refractivity contribution in [3.63, 3.8) is 0 Å². The summed E-state index contributed by atoms with van der Waals surface area (Å²) >= 11 is 3.23. The highest BCUT2D eigenvalue weighted by molar-refractivity contribution is 7.08. The molecule has 0 saturated carbocycles. The molecule has 132 valence electrons. The van der Waals surface area contributed by atoms with Crippen molar-refractivity contribution in [3.8, 4) is 0 Å². The van der Waals surface area contributed by atoms with Crippen molar-refractivity contribution in [3.05, 3.63) is 39.2 Å². The van der Waals surface area contributed by atoms with Gasteiger partial charge in [-0.3, -0.25) is 14.5 Å². The van der Waals surface area contributed by atoms with Crippen molar-refractivity contribution >= 4 is 40.2 Å². The third-order valence-electron chi connectivity index (χ3n) is 5.37. The molecule has 0 radical (unpaired) electrons. The molecule has 0 bridgehead atoms. The molecule has 0 aromatic carbocycles. The maximum Gasteiger partial charge on any atom is 0.241 e. The van der Waals surface area contributed by atoms with Crippen LogP contribution in [0.3, 0.4) is 0 Å². The van der Waals surface area contributed by atoms with Crippen LogP contribution in [-0.2, 0) is 16.0 Å². The molecule has 2 aliphatic rings. The van der Waals surface area contributed by atoms with Crippen LogP contribution < -0.4 is 4.90 Å². The molecule has 2 aliphatic heterocycles. The van der Waals surface area contributed by atoms with Gasteiger partial charge in [-0.2, -0.15) is 22.7 Å². The summed E-state index contributed by atoms with van der Waals surface area (Å²) in [4.78, 5) is 31.1. The lowest BCUT2D eigenvalue weighted by Gasteiger charge is -2.46. The molecule has 1 atom stereocenters. The third kappa shape index (κ3) is 3.12. The number of nitrogens with zero attached hydrogens (tertiary/aromatic N) is 3. The van der Waals surface area contributed by atoms with Gasteiger partial charge in [0.1, 0.15) is 0 Å². The minimum atomic E-state index is -0.139. The molecule has 2 aromatic rings. The quantitative estimate of drug-likeness (QED) is 0.827. The van der Waals surface area contributed by atoms with E-state index in [0.717, 1.165) is 24.2 Å². The van der Waals surface area contributed by atoms with Crippen LogP contribution in [-0.4, -0.2) is 60.4 Å². The Hall–Kier alpha value is -1.70. The van der Waals surface area contributed by atoms with Crippen molar-refractivity contribution in [1.82, 2.24) is 9.80 Å². The molecule has 4 rings (SSSR count). The maximum atomic E-state index is 12.7. The number of carbonyl (C=O) groups is 2. The van der Waals surface area contributed by atoms with Crippen LogP contribution >= 0.6 is 22.7 Å². The zero-order valence-electron chi connectivity index (χ0n) is 14.2. The SMILES string of the molecule is CN1CC(=O)N(c2ccsc2)CC12CCN(C(=O)Cc1ccsc1)C2. The van der Waals surface area contributed by atoms with Gasteiger partial charge in [-0.15, -0.1) is 0 Å². The lowest BCUT2D eigenvalue weighted by atomic mass is 9.93. The smallest absolute Gasteiger partial charge is 0.241 e. The largest absolute Gasteiger partial charge is 0.340 e. The standard InChI is InChI=1S/C18H21N3O2S2/c1-19-9-17(23)21(15-3-7-25-11-15)13-18(19)4-5-20(12-18)16(22)8-14-2-6-24-10-14/h2-3,6-7,10-11H,4-5,8-9,12-13H2,1H3. The van der Waals surface area contributed by atoms with Crippen LogP contribution in [0.25, 0.3) is 0 Å². The van der Waals surface area contributed by atoms with Crippen LogP contribution in [0.15, 0.2) is 33.7 Å². The van der Waals surface area contributed by atoms with E-state index in [0.29, 0.717) is 26.1 Å². The molecular formula is C18H21N3O2S2. The number of hydrogen-bond acceptors (Lipinski definition) is 5. The van der Waals surface area contributed by atoms with Crippen molar-refractivity contribution < 1.29 is 9.59 Å². The van der Waals surface area contributed by atoms with E-state index in [2.05, 4.69) is 4.90 Å². The van der Waals surface area contributed by atoms with Crippen LogP contribution in [0, 0.1) is 0 Å². The Kier molecular flexibility index (Phi) is 4.39. The number of amides is 2. The van der Waals surface area contributed by atoms with Crippen LogP contribution in [0.4, 0.5) is 5.69 Å². The fraction of sp³-hybridized carbons (Fsp3) is 0.444. The highest BCUT2D eigenvalue weighted by Crippen LogP contribution is 2.34. The summed E-state index contributed by atoms with van der Waals surface area (Å²) in [5.74, 6) is 0.317. The lowest BCUT2D eigenvalue weighted by Crippen LogP contribution is -2.64. The Morgan fingerprint density at radius 1 is 1.20 bits per heavy atom. The van der Waals surface area contributed by atoms with Gasteiger partial charge in [-0.05, 0) is 47.3 Å². The molecule has 1 spiro atoms. The number of rotatable bonds is 3. The van der Waals surface area contributed by atoms with E-state index in [4.69, 9.17) is 0 Å². The first-order valence-corrected chi connectivity index (χ1v) is 10.3. The van der Waals surface area contributed by atoms with Gasteiger partial charge >= 0.3 is 0 Å². The second kappa shape index (κ2) is 6.55. The second-order valence-corrected chi connectivity index (χ2v) is 8.48. The minimum Gasteiger partial charge on any atom is -0.340 e. The minimum absolute atomic E-state index is 0.134. The molecule has 2 amide bonds. The first-order chi connectivity index (χ1) is 12.1. The number of anilines is 1. The Bertz CT molecular complexity index is 759. The first-order valence-electron chi connectivity index (χ1n) is 8.40. The van der Waals surface area contributed by atoms with Gasteiger partial charge in [0, 0.05) is 25.0 Å². The van der Waals surface area contributed by atoms with Gasteiger partial charge in [0.25, 0.3) is 0 Å². The molecule has 5 nitrogen and oxygen atoms in total. The zero-order chi connectivity index (χ0) is 17.4. The summed E-state index contributed by atoms with van der Waals surface area (Å²) in [6, 6.07) is 4.01. The van der Waals surface area contributed by atoms with Crippen molar-refractivity contribution in [2.45, 2.75) is 18.4 Å². The topological polar surface area (TPSA) is 43.9 Å². The Morgan fingerprint density at radius 2 is 2.00 bits per heavy atom. The zero-order valence-corrected chi connectivity index (χ0v) is 15.8. The third-order valence-corrected chi connectivity index (χ3v) is 6.78. The molecule has 2 fully saturated rings. The number of hydrogen-bond donors (Lipinski definition) is 0. The molecule has 25 heavy (non-hydrogen) atoms. The van der Waals surface area contributed by atoms with Gasteiger partial charge in [0.05, 0.1) is 24.2 Å². The predicted molar refractivity (Wildman–Crippen MR) is 101 cm³/mol. The normalized spacial score (nSPS) is 24.4. The first kappa shape index (κ1) is 16.8. The van der Waals surface area contributed by atoms with Gasteiger partial charge < -0.3 is 9.80 Å². The molecule has 0 aliphatic carbocycles. The number of carbonyl (C=O) groups excluding carboxylic acids is 2. The number of piperazine rings is 1. The van der Waals surface area contributed by atoms with Crippen molar-refractivity contribution in [2.75, 3.05) is 38.1 Å². The van der Waals surface area contributed by atoms with E-state index in [1.165, 1.54) is 0 Å². The van der Waals surface area contributed by atoms with Crippen LogP contribution in [0.2, 0.25) is 0 Å². The highest BCUT2D eigenvalue weighted by atomic mass is 32.1. The molecular weight excluding hydrogens is 354 g/mol. The summed E-state index contributed by atoms with van der Waals surface area (Å²) in [6.07, 6.45) is 1.38. The molecule has 2 aromatic heterocycles. The number of likely N-dealkylation sites (N-methyl/N-ethyl adjacent to an activating group) is 1. The van der Waals surface area contributed by atoms with Gasteiger partial charge in [-0.1, -0.05) is 0 Å². The fourth-order valence-electron chi connectivity index (χ4n) is 3.79. The van der Waals surface area contributed by atoms with E-state index in [-0.39, 0.29) is 17.4 Å². The fourth-order valence-corrected chi connectivity index (χ4v) is 5.11. The van der Waals surface area contributed by atoms with Gasteiger partial charge in [0.15, 0.2) is 0 Å². The Labute approximate surface area is 155 Å². The monoisotopic (exact) mass is 375 g/mol. The predicted octanol–water partition coefficient (Wildman–Crippen LogP) is 2.30. The average molecular weight is 376 g/mol. The van der Waals surface area contributed by atoms with Crippen molar-refractivity contribution in [1.29, 1.82) is 0 Å². The van der Waals surface area contributed by atoms with E-state index in [1.54, 1.807) is 22.7 Å². The Balaban J connectivity index is 1.49. The average Bonchev–Trinajstić information content (AvgIpc) is 3.33.